The number of benzene rings is 1. The van der Waals surface area contributed by atoms with Crippen LogP contribution in [0.5, 0.6) is 0 Å². The molecule has 0 spiro atoms. The van der Waals surface area contributed by atoms with E-state index in [1.165, 1.54) is 30.9 Å². The Balaban J connectivity index is 1.57. The Morgan fingerprint density at radius 1 is 1.22 bits per heavy atom. The lowest BCUT2D eigenvalue weighted by atomic mass is 9.98. The molecule has 2 aromatic rings. The zero-order chi connectivity index (χ0) is 19.2. The molecule has 0 radical (unpaired) electrons. The van der Waals surface area contributed by atoms with Crippen molar-refractivity contribution in [1.29, 1.82) is 0 Å². The monoisotopic (exact) mass is 367 g/mol. The molecular weight excluding hydrogens is 338 g/mol. The zero-order valence-electron chi connectivity index (χ0n) is 16.3. The highest BCUT2D eigenvalue weighted by Crippen LogP contribution is 2.21. The lowest BCUT2D eigenvalue weighted by Crippen LogP contribution is -2.41. The number of carbonyl (C=O) groups is 1. The van der Waals surface area contributed by atoms with E-state index in [0.717, 1.165) is 25.1 Å². The molecule has 27 heavy (non-hydrogen) atoms. The van der Waals surface area contributed by atoms with Crippen molar-refractivity contribution < 1.29 is 4.79 Å². The molecule has 5 nitrogen and oxygen atoms in total. The summed E-state index contributed by atoms with van der Waals surface area (Å²) in [6.07, 6.45) is 4.62. The molecule has 1 fully saturated rings. The van der Waals surface area contributed by atoms with Crippen molar-refractivity contribution in [1.82, 2.24) is 15.2 Å². The summed E-state index contributed by atoms with van der Waals surface area (Å²) in [5.74, 6) is -0.105. The molecule has 1 amide bonds. The van der Waals surface area contributed by atoms with Crippen molar-refractivity contribution >= 4 is 5.91 Å². The Kier molecular flexibility index (Phi) is 6.45. The molecule has 1 atom stereocenters. The highest BCUT2D eigenvalue weighted by molar-refractivity contribution is 5.96. The van der Waals surface area contributed by atoms with Crippen LogP contribution in [-0.2, 0) is 6.54 Å². The standard InChI is InChI=1S/C22H29N3O2/c1-16-14-20(26)24-17(2)21(16)22(27)23-12-11-19-10-6-7-13-25(19)15-18-8-4-3-5-9-18/h3-5,8-9,14,19H,6-7,10-13,15H2,1-2H3,(H,23,27)(H,24,26)/t19-/m1/s1. The zero-order valence-corrected chi connectivity index (χ0v) is 16.3. The number of piperidine rings is 1. The molecule has 1 aromatic heterocycles. The molecule has 1 aliphatic rings. The molecule has 0 saturated carbocycles. The molecule has 0 unspecified atom stereocenters. The molecule has 1 saturated heterocycles. The van der Waals surface area contributed by atoms with Crippen molar-refractivity contribution in [3.63, 3.8) is 0 Å². The van der Waals surface area contributed by atoms with E-state index in [9.17, 15) is 9.59 Å². The van der Waals surface area contributed by atoms with E-state index in [2.05, 4.69) is 39.5 Å². The van der Waals surface area contributed by atoms with Gasteiger partial charge < -0.3 is 10.3 Å². The lowest BCUT2D eigenvalue weighted by molar-refractivity contribution is 0.0935. The highest BCUT2D eigenvalue weighted by Gasteiger charge is 2.22. The Bertz CT molecular complexity index is 803. The van der Waals surface area contributed by atoms with E-state index in [1.807, 2.05) is 6.07 Å². The number of hydrogen-bond donors (Lipinski definition) is 2. The second-order valence-corrected chi connectivity index (χ2v) is 7.47. The topological polar surface area (TPSA) is 65.2 Å². The van der Waals surface area contributed by atoms with Crippen LogP contribution in [0.4, 0.5) is 0 Å². The van der Waals surface area contributed by atoms with Crippen LogP contribution in [0.25, 0.3) is 0 Å². The van der Waals surface area contributed by atoms with Crippen LogP contribution < -0.4 is 10.9 Å². The van der Waals surface area contributed by atoms with Gasteiger partial charge in [-0.1, -0.05) is 36.8 Å². The van der Waals surface area contributed by atoms with E-state index in [-0.39, 0.29) is 11.5 Å². The van der Waals surface area contributed by atoms with Crippen molar-refractivity contribution in [2.24, 2.45) is 0 Å². The maximum absolute atomic E-state index is 12.6. The fourth-order valence-electron chi connectivity index (χ4n) is 4.05. The van der Waals surface area contributed by atoms with Gasteiger partial charge >= 0.3 is 0 Å². The van der Waals surface area contributed by atoms with Crippen LogP contribution >= 0.6 is 0 Å². The number of pyridine rings is 1. The maximum Gasteiger partial charge on any atom is 0.253 e. The number of aromatic nitrogens is 1. The number of likely N-dealkylation sites (tertiary alicyclic amines) is 1. The number of hydrogen-bond acceptors (Lipinski definition) is 3. The third kappa shape index (κ3) is 5.07. The predicted octanol–water partition coefficient (Wildman–Crippen LogP) is 3.17. The van der Waals surface area contributed by atoms with E-state index >= 15 is 0 Å². The second-order valence-electron chi connectivity index (χ2n) is 7.47. The highest BCUT2D eigenvalue weighted by atomic mass is 16.1. The van der Waals surface area contributed by atoms with Gasteiger partial charge in [0, 0.05) is 30.9 Å². The minimum Gasteiger partial charge on any atom is -0.352 e. The summed E-state index contributed by atoms with van der Waals surface area (Å²) in [6.45, 7) is 6.31. The Hall–Kier alpha value is -2.40. The van der Waals surface area contributed by atoms with Crippen LogP contribution in [0.15, 0.2) is 41.2 Å². The molecule has 2 heterocycles. The first kappa shape index (κ1) is 19.4. The largest absolute Gasteiger partial charge is 0.352 e. The second kappa shape index (κ2) is 9.00. The van der Waals surface area contributed by atoms with E-state index < -0.39 is 0 Å². The number of aryl methyl sites for hydroxylation is 2. The summed E-state index contributed by atoms with van der Waals surface area (Å²) < 4.78 is 0. The first-order chi connectivity index (χ1) is 13.0. The number of nitrogens with one attached hydrogen (secondary N) is 2. The third-order valence-electron chi connectivity index (χ3n) is 5.40. The van der Waals surface area contributed by atoms with Gasteiger partial charge in [-0.25, -0.2) is 0 Å². The van der Waals surface area contributed by atoms with Gasteiger partial charge in [0.2, 0.25) is 5.56 Å². The summed E-state index contributed by atoms with van der Waals surface area (Å²) in [4.78, 5) is 29.3. The van der Waals surface area contributed by atoms with E-state index in [4.69, 9.17) is 0 Å². The van der Waals surface area contributed by atoms with Crippen LogP contribution in [0, 0.1) is 13.8 Å². The van der Waals surface area contributed by atoms with Gasteiger partial charge in [-0.15, -0.1) is 0 Å². The predicted molar refractivity (Wildman–Crippen MR) is 108 cm³/mol. The summed E-state index contributed by atoms with van der Waals surface area (Å²) in [5.41, 5.74) is 3.10. The molecule has 5 heteroatoms. The quantitative estimate of drug-likeness (QED) is 0.824. The van der Waals surface area contributed by atoms with Gasteiger partial charge in [-0.2, -0.15) is 0 Å². The van der Waals surface area contributed by atoms with E-state index in [1.54, 1.807) is 13.8 Å². The number of aromatic amines is 1. The minimum absolute atomic E-state index is 0.105. The van der Waals surface area contributed by atoms with Crippen LogP contribution in [0.1, 0.15) is 52.9 Å². The summed E-state index contributed by atoms with van der Waals surface area (Å²) >= 11 is 0. The average molecular weight is 367 g/mol. The summed E-state index contributed by atoms with van der Waals surface area (Å²) in [5, 5.41) is 3.04. The van der Waals surface area contributed by atoms with Crippen molar-refractivity contribution in [3.05, 3.63) is 69.1 Å². The summed E-state index contributed by atoms with van der Waals surface area (Å²) in [6, 6.07) is 12.5. The third-order valence-corrected chi connectivity index (χ3v) is 5.40. The maximum atomic E-state index is 12.6. The molecule has 1 aromatic carbocycles. The number of rotatable bonds is 6. The smallest absolute Gasteiger partial charge is 0.253 e. The van der Waals surface area contributed by atoms with Crippen molar-refractivity contribution in [3.8, 4) is 0 Å². The molecule has 144 valence electrons. The van der Waals surface area contributed by atoms with Gasteiger partial charge in [0.05, 0.1) is 5.56 Å². The Morgan fingerprint density at radius 2 is 2.00 bits per heavy atom. The SMILES string of the molecule is Cc1cc(=O)[nH]c(C)c1C(=O)NCC[C@H]1CCCCN1Cc1ccccc1. The first-order valence-corrected chi connectivity index (χ1v) is 9.81. The first-order valence-electron chi connectivity index (χ1n) is 9.81. The molecular formula is C22H29N3O2. The van der Waals surface area contributed by atoms with Gasteiger partial charge in [-0.3, -0.25) is 14.5 Å². The molecule has 0 aliphatic carbocycles. The molecule has 2 N–H and O–H groups in total. The molecule has 0 bridgehead atoms. The minimum atomic E-state index is -0.166. The lowest BCUT2D eigenvalue weighted by Gasteiger charge is -2.36. The van der Waals surface area contributed by atoms with Crippen LogP contribution in [0.3, 0.4) is 0 Å². The van der Waals surface area contributed by atoms with Crippen LogP contribution in [0.2, 0.25) is 0 Å². The average Bonchev–Trinajstić information content (AvgIpc) is 2.63. The van der Waals surface area contributed by atoms with Crippen molar-refractivity contribution in [2.45, 2.75) is 52.1 Å². The number of carbonyl (C=O) groups excluding carboxylic acids is 1. The van der Waals surface area contributed by atoms with Gasteiger partial charge in [-0.05, 0) is 50.8 Å². The molecule has 3 rings (SSSR count). The number of amides is 1. The van der Waals surface area contributed by atoms with Crippen molar-refractivity contribution in [2.75, 3.05) is 13.1 Å². The fraction of sp³-hybridized carbons (Fsp3) is 0.455. The van der Waals surface area contributed by atoms with Crippen LogP contribution in [-0.4, -0.2) is 34.9 Å². The van der Waals surface area contributed by atoms with Gasteiger partial charge in [0.1, 0.15) is 0 Å². The summed E-state index contributed by atoms with van der Waals surface area (Å²) in [7, 11) is 0. The normalized spacial score (nSPS) is 17.6. The Labute approximate surface area is 160 Å². The number of H-pyrrole nitrogens is 1. The number of nitrogens with zero attached hydrogens (tertiary/aromatic N) is 1. The molecule has 1 aliphatic heterocycles. The Morgan fingerprint density at radius 3 is 2.74 bits per heavy atom. The van der Waals surface area contributed by atoms with E-state index in [0.29, 0.717) is 23.8 Å². The van der Waals surface area contributed by atoms with Gasteiger partial charge in [0.15, 0.2) is 0 Å². The van der Waals surface area contributed by atoms with Gasteiger partial charge in [0.25, 0.3) is 5.91 Å². The fourth-order valence-corrected chi connectivity index (χ4v) is 4.05.